The standard InChI is InChI=1S/C20H30O2/c1-13(2)15-12-17(21)19(4)10-8-14(3)6-7-18-20(5,22-18)11-9-16(15)19/h8,12-13,16,18H,6-7,9-11H2,1-5H3/t16-,18+,19+,20+/m1/s1. The van der Waals surface area contributed by atoms with Gasteiger partial charge in [-0.25, -0.2) is 0 Å². The van der Waals surface area contributed by atoms with Gasteiger partial charge in [0.1, 0.15) is 0 Å². The van der Waals surface area contributed by atoms with Gasteiger partial charge in [0.2, 0.25) is 0 Å². The fourth-order valence-corrected chi connectivity index (χ4v) is 4.41. The summed E-state index contributed by atoms with van der Waals surface area (Å²) in [5.74, 6) is 1.17. The van der Waals surface area contributed by atoms with Gasteiger partial charge in [-0.3, -0.25) is 4.79 Å². The Balaban J connectivity index is 1.92. The van der Waals surface area contributed by atoms with Crippen molar-refractivity contribution >= 4 is 5.78 Å². The lowest BCUT2D eigenvalue weighted by atomic mass is 9.69. The lowest BCUT2D eigenvalue weighted by Crippen LogP contribution is -2.32. The van der Waals surface area contributed by atoms with Crippen LogP contribution in [0.1, 0.15) is 66.7 Å². The molecule has 0 spiro atoms. The van der Waals surface area contributed by atoms with Crippen molar-refractivity contribution in [2.45, 2.75) is 78.4 Å². The average molecular weight is 302 g/mol. The highest BCUT2D eigenvalue weighted by Crippen LogP contribution is 2.52. The van der Waals surface area contributed by atoms with Gasteiger partial charge in [-0.1, -0.05) is 38.0 Å². The van der Waals surface area contributed by atoms with Crippen LogP contribution in [0.2, 0.25) is 0 Å². The number of ether oxygens (including phenoxy) is 1. The van der Waals surface area contributed by atoms with Crippen LogP contribution in [0.5, 0.6) is 0 Å². The van der Waals surface area contributed by atoms with Gasteiger partial charge in [0.15, 0.2) is 5.78 Å². The van der Waals surface area contributed by atoms with Gasteiger partial charge in [0.25, 0.3) is 0 Å². The summed E-state index contributed by atoms with van der Waals surface area (Å²) in [5, 5.41) is 0. The van der Waals surface area contributed by atoms with Gasteiger partial charge in [-0.2, -0.15) is 0 Å². The number of allylic oxidation sites excluding steroid dienone is 4. The van der Waals surface area contributed by atoms with Crippen LogP contribution in [0.15, 0.2) is 23.3 Å². The van der Waals surface area contributed by atoms with Crippen molar-refractivity contribution in [1.29, 1.82) is 0 Å². The van der Waals surface area contributed by atoms with Crippen LogP contribution in [0.3, 0.4) is 0 Å². The molecule has 0 unspecified atom stereocenters. The number of carbonyl (C=O) groups excluding carboxylic acids is 1. The molecule has 1 saturated heterocycles. The molecule has 2 aliphatic carbocycles. The van der Waals surface area contributed by atoms with E-state index in [9.17, 15) is 4.79 Å². The van der Waals surface area contributed by atoms with Gasteiger partial charge in [-0.05, 0) is 63.9 Å². The van der Waals surface area contributed by atoms with Gasteiger partial charge >= 0.3 is 0 Å². The maximum Gasteiger partial charge on any atom is 0.162 e. The molecule has 2 nitrogen and oxygen atoms in total. The Morgan fingerprint density at radius 1 is 1.27 bits per heavy atom. The predicted octanol–water partition coefficient (Wildman–Crippen LogP) is 4.84. The summed E-state index contributed by atoms with van der Waals surface area (Å²) in [6, 6.07) is 0. The lowest BCUT2D eigenvalue weighted by Gasteiger charge is -2.33. The molecule has 1 aliphatic heterocycles. The second-order valence-electron chi connectivity index (χ2n) is 8.38. The highest BCUT2D eigenvalue weighted by atomic mass is 16.6. The van der Waals surface area contributed by atoms with Crippen molar-refractivity contribution in [3.05, 3.63) is 23.3 Å². The summed E-state index contributed by atoms with van der Waals surface area (Å²) in [4.78, 5) is 12.7. The Bertz CT molecular complexity index is 542. The minimum atomic E-state index is -0.244. The molecule has 1 heterocycles. The third kappa shape index (κ3) is 2.60. The van der Waals surface area contributed by atoms with Crippen LogP contribution in [0.4, 0.5) is 0 Å². The van der Waals surface area contributed by atoms with Crippen LogP contribution in [-0.4, -0.2) is 17.5 Å². The molecule has 3 aliphatic rings. The minimum Gasteiger partial charge on any atom is -0.366 e. The van der Waals surface area contributed by atoms with E-state index in [1.807, 2.05) is 6.08 Å². The number of fused-ring (bicyclic) bond motifs is 2. The molecule has 0 aromatic carbocycles. The summed E-state index contributed by atoms with van der Waals surface area (Å²) in [6.45, 7) is 11.1. The maximum absolute atomic E-state index is 12.7. The predicted molar refractivity (Wildman–Crippen MR) is 89.6 cm³/mol. The topological polar surface area (TPSA) is 29.6 Å². The summed E-state index contributed by atoms with van der Waals surface area (Å²) >= 11 is 0. The molecule has 0 saturated carbocycles. The van der Waals surface area contributed by atoms with E-state index in [4.69, 9.17) is 4.74 Å². The average Bonchev–Trinajstić information content (AvgIpc) is 3.03. The SMILES string of the molecule is CC1=CC[C@]2(C)C(=O)C=C(C(C)C)[C@H]2CC[C@]2(C)O[C@H]2CC1. The van der Waals surface area contributed by atoms with Crippen LogP contribution >= 0.6 is 0 Å². The number of ketones is 1. The van der Waals surface area contributed by atoms with Crippen molar-refractivity contribution in [3.8, 4) is 0 Å². The molecule has 0 N–H and O–H groups in total. The first-order chi connectivity index (χ1) is 10.3. The zero-order valence-corrected chi connectivity index (χ0v) is 14.7. The Kier molecular flexibility index (Phi) is 3.87. The molecule has 3 rings (SSSR count). The van der Waals surface area contributed by atoms with Crippen LogP contribution in [-0.2, 0) is 9.53 Å². The zero-order chi connectivity index (χ0) is 16.1. The molecule has 0 amide bonds. The van der Waals surface area contributed by atoms with Gasteiger partial charge < -0.3 is 4.74 Å². The van der Waals surface area contributed by atoms with E-state index < -0.39 is 0 Å². The van der Waals surface area contributed by atoms with Crippen LogP contribution < -0.4 is 0 Å². The Morgan fingerprint density at radius 2 is 2.00 bits per heavy atom. The van der Waals surface area contributed by atoms with Crippen molar-refractivity contribution in [1.82, 2.24) is 0 Å². The lowest BCUT2D eigenvalue weighted by molar-refractivity contribution is -0.123. The summed E-state index contributed by atoms with van der Waals surface area (Å²) in [6.07, 6.45) is 9.95. The van der Waals surface area contributed by atoms with Crippen molar-refractivity contribution in [3.63, 3.8) is 0 Å². The summed E-state index contributed by atoms with van der Waals surface area (Å²) < 4.78 is 6.00. The largest absolute Gasteiger partial charge is 0.366 e. The van der Waals surface area contributed by atoms with Gasteiger partial charge in [0, 0.05) is 5.41 Å². The zero-order valence-electron chi connectivity index (χ0n) is 14.7. The molecule has 122 valence electrons. The normalized spacial score (nSPS) is 42.2. The summed E-state index contributed by atoms with van der Waals surface area (Å²) in [7, 11) is 0. The molecule has 4 atom stereocenters. The molecule has 1 fully saturated rings. The monoisotopic (exact) mass is 302 g/mol. The third-order valence-corrected chi connectivity index (χ3v) is 6.34. The van der Waals surface area contributed by atoms with E-state index >= 15 is 0 Å². The number of hydrogen-bond acceptors (Lipinski definition) is 2. The van der Waals surface area contributed by atoms with E-state index in [0.717, 1.165) is 32.1 Å². The smallest absolute Gasteiger partial charge is 0.162 e. The van der Waals surface area contributed by atoms with Crippen molar-refractivity contribution < 1.29 is 9.53 Å². The molecule has 0 aromatic heterocycles. The van der Waals surface area contributed by atoms with Crippen molar-refractivity contribution in [2.75, 3.05) is 0 Å². The van der Waals surface area contributed by atoms with Crippen LogP contribution in [0.25, 0.3) is 0 Å². The number of epoxide rings is 1. The van der Waals surface area contributed by atoms with Gasteiger partial charge in [0.05, 0.1) is 11.7 Å². The second kappa shape index (κ2) is 5.33. The molecule has 2 heteroatoms. The molecule has 0 aromatic rings. The van der Waals surface area contributed by atoms with Crippen molar-refractivity contribution in [2.24, 2.45) is 17.3 Å². The Morgan fingerprint density at radius 3 is 2.68 bits per heavy atom. The fourth-order valence-electron chi connectivity index (χ4n) is 4.41. The molecular formula is C20H30O2. The number of rotatable bonds is 1. The Labute approximate surface area is 135 Å². The first-order valence-corrected chi connectivity index (χ1v) is 8.85. The highest BCUT2D eigenvalue weighted by Gasteiger charge is 2.53. The highest BCUT2D eigenvalue weighted by molar-refractivity contribution is 5.98. The quantitative estimate of drug-likeness (QED) is 0.512. The van der Waals surface area contributed by atoms with E-state index in [1.54, 1.807) is 0 Å². The second-order valence-corrected chi connectivity index (χ2v) is 8.38. The first-order valence-electron chi connectivity index (χ1n) is 8.85. The minimum absolute atomic E-state index is 0.0548. The molecule has 22 heavy (non-hydrogen) atoms. The molecular weight excluding hydrogens is 272 g/mol. The van der Waals surface area contributed by atoms with E-state index in [2.05, 4.69) is 40.7 Å². The van der Waals surface area contributed by atoms with Gasteiger partial charge in [-0.15, -0.1) is 0 Å². The first kappa shape index (κ1) is 16.0. The third-order valence-electron chi connectivity index (χ3n) is 6.34. The maximum atomic E-state index is 12.7. The van der Waals surface area contributed by atoms with E-state index in [-0.39, 0.29) is 11.0 Å². The van der Waals surface area contributed by atoms with E-state index in [1.165, 1.54) is 11.1 Å². The number of carbonyl (C=O) groups is 1. The molecule has 0 radical (unpaired) electrons. The molecule has 0 bridgehead atoms. The number of hydrogen-bond donors (Lipinski definition) is 0. The fraction of sp³-hybridized carbons (Fsp3) is 0.750. The Hall–Kier alpha value is -0.890. The van der Waals surface area contributed by atoms with Crippen LogP contribution in [0, 0.1) is 17.3 Å². The summed E-state index contributed by atoms with van der Waals surface area (Å²) in [5.41, 5.74) is 2.58. The van der Waals surface area contributed by atoms with E-state index in [0.29, 0.717) is 23.7 Å².